The summed E-state index contributed by atoms with van der Waals surface area (Å²) in [6.45, 7) is 5.68. The summed E-state index contributed by atoms with van der Waals surface area (Å²) >= 11 is 0. The molecule has 2 nitrogen and oxygen atoms in total. The fourth-order valence-corrected chi connectivity index (χ4v) is 3.24. The van der Waals surface area contributed by atoms with Crippen molar-refractivity contribution in [1.29, 1.82) is 0 Å². The molecule has 3 heteroatoms. The average molecular weight is 284 g/mol. The molecule has 0 bridgehead atoms. The molecule has 16 heavy (non-hydrogen) atoms. The Kier molecular flexibility index (Phi) is 3.27. The molecule has 0 amide bonds. The van der Waals surface area contributed by atoms with Crippen LogP contribution in [-0.4, -0.2) is 29.6 Å². The van der Waals surface area contributed by atoms with Crippen LogP contribution in [0.4, 0.5) is 0 Å². The Labute approximate surface area is 107 Å². The Bertz CT molecular complexity index is 394. The highest BCUT2D eigenvalue weighted by Gasteiger charge is 2.40. The maximum Gasteiger partial charge on any atom is 0.119 e. The average Bonchev–Trinajstić information content (AvgIpc) is 2.73. The van der Waals surface area contributed by atoms with Crippen molar-refractivity contribution in [3.05, 3.63) is 29.3 Å². The molecule has 1 heterocycles. The highest BCUT2D eigenvalue weighted by molar-refractivity contribution is 8.93. The van der Waals surface area contributed by atoms with E-state index in [1.165, 1.54) is 17.7 Å². The fraction of sp³-hybridized carbons (Fsp3) is 0.538. The van der Waals surface area contributed by atoms with Crippen molar-refractivity contribution < 1.29 is 5.11 Å². The van der Waals surface area contributed by atoms with E-state index < -0.39 is 0 Å². The van der Waals surface area contributed by atoms with Gasteiger partial charge >= 0.3 is 0 Å². The number of rotatable bonds is 1. The highest BCUT2D eigenvalue weighted by Crippen LogP contribution is 2.46. The zero-order chi connectivity index (χ0) is 10.4. The molecule has 88 valence electrons. The molecule has 1 N–H and O–H groups in total. The van der Waals surface area contributed by atoms with Crippen LogP contribution in [0.15, 0.2) is 18.2 Å². The number of hydrogen-bond acceptors (Lipinski definition) is 2. The van der Waals surface area contributed by atoms with Gasteiger partial charge in [-0.25, -0.2) is 0 Å². The van der Waals surface area contributed by atoms with Crippen LogP contribution < -0.4 is 0 Å². The molecule has 2 atom stereocenters. The minimum Gasteiger partial charge on any atom is -0.508 e. The summed E-state index contributed by atoms with van der Waals surface area (Å²) in [7, 11) is 0. The zero-order valence-corrected chi connectivity index (χ0v) is 11.2. The van der Waals surface area contributed by atoms with Gasteiger partial charge in [0, 0.05) is 24.6 Å². The van der Waals surface area contributed by atoms with Gasteiger partial charge in [-0.2, -0.15) is 0 Å². The molecule has 0 saturated carbocycles. The van der Waals surface area contributed by atoms with Crippen LogP contribution in [-0.2, 0) is 6.42 Å². The number of fused-ring (bicyclic) bond motifs is 3. The number of aromatic hydroxyl groups is 1. The van der Waals surface area contributed by atoms with Gasteiger partial charge in [-0.15, -0.1) is 17.0 Å². The van der Waals surface area contributed by atoms with Gasteiger partial charge in [0.05, 0.1) is 0 Å². The second-order valence-corrected chi connectivity index (χ2v) is 4.77. The summed E-state index contributed by atoms with van der Waals surface area (Å²) in [4.78, 5) is 2.49. The van der Waals surface area contributed by atoms with Crippen LogP contribution in [0.5, 0.6) is 5.75 Å². The number of likely N-dealkylation sites (N-methyl/N-ethyl adjacent to an activating group) is 1. The molecule has 1 saturated heterocycles. The summed E-state index contributed by atoms with van der Waals surface area (Å²) in [5.41, 5.74) is 2.61. The Balaban J connectivity index is 0.000000963. The zero-order valence-electron chi connectivity index (χ0n) is 9.52. The molecule has 2 unspecified atom stereocenters. The Morgan fingerprint density at radius 1 is 1.38 bits per heavy atom. The quantitative estimate of drug-likeness (QED) is 0.856. The van der Waals surface area contributed by atoms with Crippen molar-refractivity contribution in [1.82, 2.24) is 4.90 Å². The molecule has 0 radical (unpaired) electrons. The van der Waals surface area contributed by atoms with Crippen molar-refractivity contribution in [2.75, 3.05) is 19.6 Å². The third kappa shape index (κ3) is 1.66. The van der Waals surface area contributed by atoms with E-state index in [-0.39, 0.29) is 17.0 Å². The lowest BCUT2D eigenvalue weighted by Crippen LogP contribution is -2.21. The van der Waals surface area contributed by atoms with Gasteiger partial charge in [-0.1, -0.05) is 19.1 Å². The highest BCUT2D eigenvalue weighted by atomic mass is 79.9. The van der Waals surface area contributed by atoms with Crippen LogP contribution in [0.25, 0.3) is 0 Å². The van der Waals surface area contributed by atoms with Crippen LogP contribution in [0.2, 0.25) is 0 Å². The van der Waals surface area contributed by atoms with Gasteiger partial charge in [0.2, 0.25) is 0 Å². The summed E-state index contributed by atoms with van der Waals surface area (Å²) in [5.74, 6) is 1.84. The van der Waals surface area contributed by atoms with E-state index in [9.17, 15) is 5.11 Å². The lowest BCUT2D eigenvalue weighted by atomic mass is 9.96. The number of nitrogens with zero attached hydrogens (tertiary/aromatic N) is 1. The summed E-state index contributed by atoms with van der Waals surface area (Å²) in [5, 5.41) is 9.92. The first-order valence-corrected chi connectivity index (χ1v) is 5.82. The second-order valence-electron chi connectivity index (χ2n) is 4.77. The van der Waals surface area contributed by atoms with Crippen LogP contribution in [0.1, 0.15) is 24.0 Å². The van der Waals surface area contributed by atoms with Gasteiger partial charge in [-0.3, -0.25) is 0 Å². The minimum atomic E-state index is 0. The van der Waals surface area contributed by atoms with Crippen LogP contribution >= 0.6 is 17.0 Å². The third-order valence-corrected chi connectivity index (χ3v) is 3.99. The molecular formula is C13H18BrNO. The van der Waals surface area contributed by atoms with Crippen LogP contribution in [0, 0.1) is 5.92 Å². The molecule has 0 spiro atoms. The van der Waals surface area contributed by atoms with Gasteiger partial charge in [0.25, 0.3) is 0 Å². The van der Waals surface area contributed by atoms with Crippen molar-refractivity contribution in [3.63, 3.8) is 0 Å². The Morgan fingerprint density at radius 3 is 2.94 bits per heavy atom. The predicted molar refractivity (Wildman–Crippen MR) is 70.5 cm³/mol. The number of phenols is 1. The Morgan fingerprint density at radius 2 is 2.19 bits per heavy atom. The van der Waals surface area contributed by atoms with E-state index in [4.69, 9.17) is 0 Å². The van der Waals surface area contributed by atoms with Gasteiger partial charge in [0.1, 0.15) is 5.75 Å². The first-order valence-electron chi connectivity index (χ1n) is 5.82. The number of hydrogen-bond donors (Lipinski definition) is 1. The number of halogens is 1. The molecule has 1 aliphatic carbocycles. The van der Waals surface area contributed by atoms with Crippen molar-refractivity contribution in [2.24, 2.45) is 5.92 Å². The maximum absolute atomic E-state index is 9.92. The summed E-state index contributed by atoms with van der Waals surface area (Å²) in [6.07, 6.45) is 1.16. The normalized spacial score (nSPS) is 27.3. The van der Waals surface area contributed by atoms with E-state index >= 15 is 0 Å². The number of benzene rings is 1. The molecule has 1 aromatic carbocycles. The van der Waals surface area contributed by atoms with Gasteiger partial charge in [0.15, 0.2) is 0 Å². The lowest BCUT2D eigenvalue weighted by molar-refractivity contribution is 0.339. The molecule has 1 aliphatic heterocycles. The minimum absolute atomic E-state index is 0. The topological polar surface area (TPSA) is 23.5 Å². The molecule has 2 aliphatic rings. The fourth-order valence-electron chi connectivity index (χ4n) is 3.24. The first kappa shape index (κ1) is 11.9. The number of likely N-dealkylation sites (tertiary alicyclic amines) is 1. The summed E-state index contributed by atoms with van der Waals surface area (Å²) < 4.78 is 0. The molecule has 1 fully saturated rings. The Hall–Kier alpha value is -0.540. The maximum atomic E-state index is 9.92. The monoisotopic (exact) mass is 283 g/mol. The smallest absolute Gasteiger partial charge is 0.119 e. The SMILES string of the molecule is Br.CCN1CC2Cc3cccc(O)c3C2C1. The van der Waals surface area contributed by atoms with Gasteiger partial charge < -0.3 is 10.0 Å². The van der Waals surface area contributed by atoms with E-state index in [0.717, 1.165) is 25.4 Å². The molecule has 0 aromatic heterocycles. The van der Waals surface area contributed by atoms with Crippen molar-refractivity contribution in [3.8, 4) is 5.75 Å². The summed E-state index contributed by atoms with van der Waals surface area (Å²) in [6, 6.07) is 5.96. The molecular weight excluding hydrogens is 266 g/mol. The second kappa shape index (κ2) is 4.38. The first-order chi connectivity index (χ1) is 7.29. The van der Waals surface area contributed by atoms with Crippen molar-refractivity contribution >= 4 is 17.0 Å². The van der Waals surface area contributed by atoms with E-state index in [0.29, 0.717) is 11.7 Å². The third-order valence-electron chi connectivity index (χ3n) is 3.99. The van der Waals surface area contributed by atoms with E-state index in [1.54, 1.807) is 0 Å². The molecule has 3 rings (SSSR count). The number of phenolic OH excluding ortho intramolecular Hbond substituents is 1. The largest absolute Gasteiger partial charge is 0.508 e. The lowest BCUT2D eigenvalue weighted by Gasteiger charge is -2.14. The van der Waals surface area contributed by atoms with E-state index in [2.05, 4.69) is 17.9 Å². The van der Waals surface area contributed by atoms with E-state index in [1.807, 2.05) is 12.1 Å². The van der Waals surface area contributed by atoms with Crippen molar-refractivity contribution in [2.45, 2.75) is 19.3 Å². The molecule has 1 aromatic rings. The predicted octanol–water partition coefficient (Wildman–Crippen LogP) is 2.56. The standard InChI is InChI=1S/C13H17NO.BrH/c1-2-14-7-10-6-9-4-3-5-12(15)13(9)11(10)8-14;/h3-5,10-11,15H,2,6-8H2,1H3;1H. The van der Waals surface area contributed by atoms with Gasteiger partial charge in [-0.05, 0) is 30.5 Å². The van der Waals surface area contributed by atoms with Crippen LogP contribution in [0.3, 0.4) is 0 Å².